The summed E-state index contributed by atoms with van der Waals surface area (Å²) in [5, 5.41) is 3.72. The van der Waals surface area contributed by atoms with Crippen LogP contribution >= 0.6 is 0 Å². The fourth-order valence-electron chi connectivity index (χ4n) is 9.51. The first-order chi connectivity index (χ1) is 23.8. The molecule has 0 radical (unpaired) electrons. The van der Waals surface area contributed by atoms with Gasteiger partial charge in [-0.15, -0.1) is 0 Å². The number of hydrogen-bond donors (Lipinski definition) is 1. The van der Waals surface area contributed by atoms with Gasteiger partial charge in [0.1, 0.15) is 0 Å². The predicted molar refractivity (Wildman–Crippen MR) is 200 cm³/mol. The van der Waals surface area contributed by atoms with Crippen LogP contribution in [-0.2, 0) is 0 Å². The topological polar surface area (TPSA) is 18.5 Å². The van der Waals surface area contributed by atoms with E-state index in [-0.39, 0.29) is 6.04 Å². The minimum atomic E-state index is 0.189. The molecule has 6 unspecified atom stereocenters. The lowest BCUT2D eigenvalue weighted by Gasteiger charge is -2.35. The predicted octanol–water partition coefficient (Wildman–Crippen LogP) is 11.0. The average molecular weight is 624 g/mol. The Kier molecular flexibility index (Phi) is 6.60. The van der Waals surface area contributed by atoms with Crippen molar-refractivity contribution >= 4 is 28.8 Å². The maximum atomic E-state index is 3.72. The van der Waals surface area contributed by atoms with Crippen LogP contribution < -0.4 is 15.1 Å². The van der Waals surface area contributed by atoms with Gasteiger partial charge in [-0.25, -0.2) is 0 Å². The number of fused-ring (bicyclic) bond motifs is 6. The van der Waals surface area contributed by atoms with E-state index in [1.807, 2.05) is 0 Å². The molecule has 3 heterocycles. The fraction of sp³-hybridized carbons (Fsp3) is 0.244. The standard InChI is InChI=1S/C45H41N3/c1-2-11-34(12-3-1)47-42-16-8-5-13-36(42)38-28-32(21-26-44(38)47)33-22-27-45-39(29-33)37-14-6-9-17-43(37)48(45)35-23-18-31(19-24-35)41-25-20-30-10-4-7-15-40(30)46-41/h1-7,10-15,18-28,33,36,39,41-42,45-46H,8-9,16-17,29H2. The molecule has 3 aliphatic heterocycles. The summed E-state index contributed by atoms with van der Waals surface area (Å²) in [5.74, 6) is 1.39. The Labute approximate surface area is 284 Å². The molecule has 0 saturated carbocycles. The van der Waals surface area contributed by atoms with Crippen LogP contribution in [0, 0.1) is 5.92 Å². The third-order valence-corrected chi connectivity index (χ3v) is 11.7. The third-order valence-electron chi connectivity index (χ3n) is 11.7. The first kappa shape index (κ1) is 28.0. The van der Waals surface area contributed by atoms with Crippen LogP contribution in [0.2, 0.25) is 0 Å². The first-order valence-electron chi connectivity index (χ1n) is 18.0. The van der Waals surface area contributed by atoms with Gasteiger partial charge >= 0.3 is 0 Å². The minimum absolute atomic E-state index is 0.189. The Bertz CT molecular complexity index is 2030. The zero-order valence-corrected chi connectivity index (χ0v) is 27.3. The molecule has 0 spiro atoms. The number of allylic oxidation sites excluding steroid dienone is 5. The molecule has 48 heavy (non-hydrogen) atoms. The minimum Gasteiger partial charge on any atom is -0.374 e. The molecule has 3 heteroatoms. The van der Waals surface area contributed by atoms with Gasteiger partial charge in [0.15, 0.2) is 0 Å². The maximum absolute atomic E-state index is 3.72. The highest BCUT2D eigenvalue weighted by atomic mass is 15.2. The molecule has 0 amide bonds. The van der Waals surface area contributed by atoms with E-state index >= 15 is 0 Å². The molecule has 4 aromatic carbocycles. The maximum Gasteiger partial charge on any atom is 0.0701 e. The molecule has 1 N–H and O–H groups in total. The Balaban J connectivity index is 0.946. The van der Waals surface area contributed by atoms with Crippen molar-refractivity contribution in [3.05, 3.63) is 173 Å². The van der Waals surface area contributed by atoms with E-state index in [2.05, 4.69) is 161 Å². The van der Waals surface area contributed by atoms with E-state index in [0.29, 0.717) is 29.8 Å². The second-order valence-corrected chi connectivity index (χ2v) is 14.3. The van der Waals surface area contributed by atoms with Crippen molar-refractivity contribution in [3.8, 4) is 0 Å². The van der Waals surface area contributed by atoms with Gasteiger partial charge < -0.3 is 15.1 Å². The summed E-state index contributed by atoms with van der Waals surface area (Å²) < 4.78 is 0. The van der Waals surface area contributed by atoms with Crippen molar-refractivity contribution in [2.75, 3.05) is 15.1 Å². The quantitative estimate of drug-likeness (QED) is 0.228. The second kappa shape index (κ2) is 11.3. The molecule has 4 aromatic rings. The Morgan fingerprint density at radius 2 is 1.50 bits per heavy atom. The molecule has 6 atom stereocenters. The van der Waals surface area contributed by atoms with Crippen LogP contribution in [-0.4, -0.2) is 12.1 Å². The van der Waals surface area contributed by atoms with Crippen LogP contribution in [0.15, 0.2) is 151 Å². The highest BCUT2D eigenvalue weighted by Crippen LogP contribution is 2.52. The van der Waals surface area contributed by atoms with Crippen molar-refractivity contribution in [2.24, 2.45) is 5.92 Å². The van der Waals surface area contributed by atoms with Crippen molar-refractivity contribution in [2.45, 2.75) is 62.1 Å². The van der Waals surface area contributed by atoms with E-state index in [9.17, 15) is 0 Å². The molecular formula is C45H41N3. The lowest BCUT2D eigenvalue weighted by molar-refractivity contribution is 0.485. The van der Waals surface area contributed by atoms with Crippen LogP contribution in [0.4, 0.5) is 22.7 Å². The molecule has 3 aliphatic carbocycles. The van der Waals surface area contributed by atoms with Crippen molar-refractivity contribution in [1.82, 2.24) is 0 Å². The van der Waals surface area contributed by atoms with Crippen LogP contribution in [0.3, 0.4) is 0 Å². The van der Waals surface area contributed by atoms with E-state index in [1.165, 1.54) is 57.1 Å². The zero-order chi connectivity index (χ0) is 31.6. The van der Waals surface area contributed by atoms with E-state index in [0.717, 1.165) is 25.7 Å². The molecule has 236 valence electrons. The van der Waals surface area contributed by atoms with Crippen LogP contribution in [0.5, 0.6) is 0 Å². The monoisotopic (exact) mass is 623 g/mol. The Hall–Kier alpha value is -5.02. The highest BCUT2D eigenvalue weighted by Gasteiger charge is 2.43. The summed E-state index contributed by atoms with van der Waals surface area (Å²) in [6, 6.07) is 37.4. The molecule has 0 aromatic heterocycles. The van der Waals surface area contributed by atoms with Gasteiger partial charge in [0.2, 0.25) is 0 Å². The third kappa shape index (κ3) is 4.48. The lowest BCUT2D eigenvalue weighted by Crippen LogP contribution is -2.35. The lowest BCUT2D eigenvalue weighted by atomic mass is 9.76. The smallest absolute Gasteiger partial charge is 0.0701 e. The molecule has 0 fully saturated rings. The number of benzene rings is 4. The van der Waals surface area contributed by atoms with Gasteiger partial charge in [-0.1, -0.05) is 109 Å². The number of anilines is 4. The second-order valence-electron chi connectivity index (χ2n) is 14.3. The van der Waals surface area contributed by atoms with E-state index in [4.69, 9.17) is 0 Å². The summed E-state index contributed by atoms with van der Waals surface area (Å²) in [5.41, 5.74) is 13.8. The normalized spacial score (nSPS) is 27.7. The summed E-state index contributed by atoms with van der Waals surface area (Å²) in [6.45, 7) is 0. The number of nitrogens with one attached hydrogen (secondary N) is 1. The summed E-state index contributed by atoms with van der Waals surface area (Å²) in [7, 11) is 0. The van der Waals surface area contributed by atoms with Gasteiger partial charge in [0, 0.05) is 52.2 Å². The molecule has 0 saturated heterocycles. The zero-order valence-electron chi connectivity index (χ0n) is 27.3. The number of para-hydroxylation sites is 2. The molecular weight excluding hydrogens is 583 g/mol. The number of rotatable bonds is 4. The van der Waals surface area contributed by atoms with E-state index < -0.39 is 0 Å². The van der Waals surface area contributed by atoms with E-state index in [1.54, 1.807) is 5.57 Å². The Morgan fingerprint density at radius 3 is 2.42 bits per heavy atom. The van der Waals surface area contributed by atoms with Crippen LogP contribution in [0.1, 0.15) is 72.2 Å². The highest BCUT2D eigenvalue weighted by molar-refractivity contribution is 5.75. The molecule has 6 aliphatic rings. The molecule has 3 nitrogen and oxygen atoms in total. The summed E-state index contributed by atoms with van der Waals surface area (Å²) in [4.78, 5) is 5.28. The number of hydrogen-bond acceptors (Lipinski definition) is 3. The Morgan fingerprint density at radius 1 is 0.667 bits per heavy atom. The van der Waals surface area contributed by atoms with Crippen molar-refractivity contribution < 1.29 is 0 Å². The SMILES string of the molecule is C1=CC2=C(CC1)N(c1ccc(C3C=Cc4ccccc4N3)cc1)C1C=CC(c3ccc4c(c3)C3C=CCCC3N4c3ccccc3)CC21. The molecule has 10 rings (SSSR count). The molecule has 0 bridgehead atoms. The first-order valence-corrected chi connectivity index (χ1v) is 18.0. The van der Waals surface area contributed by atoms with Gasteiger partial charge in [-0.3, -0.25) is 0 Å². The number of nitrogens with zero attached hydrogens (tertiary/aromatic N) is 2. The summed E-state index contributed by atoms with van der Waals surface area (Å²) in [6.07, 6.45) is 25.1. The largest absolute Gasteiger partial charge is 0.374 e. The fourth-order valence-corrected chi connectivity index (χ4v) is 9.51. The van der Waals surface area contributed by atoms with Crippen LogP contribution in [0.25, 0.3) is 6.08 Å². The van der Waals surface area contributed by atoms with Crippen molar-refractivity contribution in [1.29, 1.82) is 0 Å². The summed E-state index contributed by atoms with van der Waals surface area (Å²) >= 11 is 0. The van der Waals surface area contributed by atoms with Gasteiger partial charge in [-0.05, 0) is 96.3 Å². The average Bonchev–Trinajstić information content (AvgIpc) is 3.67. The van der Waals surface area contributed by atoms with Crippen molar-refractivity contribution in [3.63, 3.8) is 0 Å². The van der Waals surface area contributed by atoms with Gasteiger partial charge in [0.05, 0.1) is 12.1 Å². The van der Waals surface area contributed by atoms with Gasteiger partial charge in [-0.2, -0.15) is 0 Å². The van der Waals surface area contributed by atoms with Gasteiger partial charge in [0.25, 0.3) is 0 Å².